The monoisotopic (exact) mass is 222 g/mol. The zero-order chi connectivity index (χ0) is 11.2. The van der Waals surface area contributed by atoms with Gasteiger partial charge in [-0.25, -0.2) is 0 Å². The maximum Gasteiger partial charge on any atom is 0.0518 e. The van der Waals surface area contributed by atoms with Crippen molar-refractivity contribution in [2.24, 2.45) is 0 Å². The number of H-pyrrole nitrogens is 1. The van der Waals surface area contributed by atoms with Crippen LogP contribution >= 0.6 is 0 Å². The fourth-order valence-corrected chi connectivity index (χ4v) is 2.25. The molecule has 1 fully saturated rings. The van der Waals surface area contributed by atoms with E-state index in [-0.39, 0.29) is 0 Å². The Morgan fingerprint density at radius 3 is 3.00 bits per heavy atom. The van der Waals surface area contributed by atoms with Crippen LogP contribution in [0.3, 0.4) is 0 Å². The Morgan fingerprint density at radius 1 is 1.50 bits per heavy atom. The van der Waals surface area contributed by atoms with Gasteiger partial charge in [0.15, 0.2) is 0 Å². The Labute approximate surface area is 97.4 Å². The zero-order valence-electron chi connectivity index (χ0n) is 10.1. The van der Waals surface area contributed by atoms with E-state index < -0.39 is 0 Å². The van der Waals surface area contributed by atoms with Gasteiger partial charge in [0.25, 0.3) is 0 Å². The minimum absolute atomic E-state index is 0.376. The van der Waals surface area contributed by atoms with Crippen molar-refractivity contribution in [3.63, 3.8) is 0 Å². The number of hydrogen-bond acceptors (Lipinski definition) is 3. The average Bonchev–Trinajstić information content (AvgIpc) is 2.96. The smallest absolute Gasteiger partial charge is 0.0518 e. The van der Waals surface area contributed by atoms with Crippen LogP contribution in [0.2, 0.25) is 0 Å². The van der Waals surface area contributed by atoms with Gasteiger partial charge >= 0.3 is 0 Å². The highest BCUT2D eigenvalue weighted by Crippen LogP contribution is 2.09. The third-order valence-electron chi connectivity index (χ3n) is 3.29. The molecule has 0 amide bonds. The second kappa shape index (κ2) is 6.01. The van der Waals surface area contributed by atoms with Crippen molar-refractivity contribution in [2.75, 3.05) is 26.2 Å². The number of rotatable bonds is 6. The van der Waals surface area contributed by atoms with Crippen LogP contribution in [-0.4, -0.2) is 41.3 Å². The fraction of sp³-hybridized carbons (Fsp3) is 0.750. The van der Waals surface area contributed by atoms with Gasteiger partial charge in [-0.05, 0) is 58.4 Å². The Kier molecular flexibility index (Phi) is 4.36. The topological polar surface area (TPSA) is 44.0 Å². The second-order valence-corrected chi connectivity index (χ2v) is 4.59. The van der Waals surface area contributed by atoms with Crippen LogP contribution in [-0.2, 0) is 0 Å². The molecule has 1 aromatic rings. The lowest BCUT2D eigenvalue weighted by atomic mass is 10.2. The van der Waals surface area contributed by atoms with Crippen LogP contribution in [0, 0.1) is 0 Å². The molecule has 0 saturated carbocycles. The van der Waals surface area contributed by atoms with Gasteiger partial charge in [-0.2, -0.15) is 5.10 Å². The highest BCUT2D eigenvalue weighted by molar-refractivity contribution is 5.02. The first-order chi connectivity index (χ1) is 7.86. The van der Waals surface area contributed by atoms with Gasteiger partial charge in [-0.3, -0.25) is 5.10 Å². The van der Waals surface area contributed by atoms with Crippen molar-refractivity contribution in [1.82, 2.24) is 20.4 Å². The highest BCUT2D eigenvalue weighted by atomic mass is 15.1. The number of aromatic nitrogens is 2. The minimum Gasteiger partial charge on any atom is -0.309 e. The third kappa shape index (κ3) is 3.32. The van der Waals surface area contributed by atoms with Crippen LogP contribution in [0.25, 0.3) is 0 Å². The van der Waals surface area contributed by atoms with Gasteiger partial charge in [0.2, 0.25) is 0 Å². The molecule has 0 aliphatic carbocycles. The lowest BCUT2D eigenvalue weighted by molar-refractivity contribution is 0.328. The molecule has 1 unspecified atom stereocenters. The molecule has 4 heteroatoms. The summed E-state index contributed by atoms with van der Waals surface area (Å²) in [5.41, 5.74) is 1.17. The number of nitrogens with one attached hydrogen (secondary N) is 2. The Bertz CT molecular complexity index is 277. The molecule has 1 aliphatic heterocycles. The van der Waals surface area contributed by atoms with Crippen molar-refractivity contribution in [3.8, 4) is 0 Å². The van der Waals surface area contributed by atoms with E-state index in [1.165, 1.54) is 44.6 Å². The summed E-state index contributed by atoms with van der Waals surface area (Å²) < 4.78 is 0. The summed E-state index contributed by atoms with van der Waals surface area (Å²) in [4.78, 5) is 2.56. The van der Waals surface area contributed by atoms with E-state index in [9.17, 15) is 0 Å². The molecular formula is C12H22N4. The van der Waals surface area contributed by atoms with Gasteiger partial charge in [-0.1, -0.05) is 0 Å². The van der Waals surface area contributed by atoms with Crippen molar-refractivity contribution < 1.29 is 0 Å². The van der Waals surface area contributed by atoms with Crippen LogP contribution in [0.4, 0.5) is 0 Å². The average molecular weight is 222 g/mol. The number of aromatic amines is 1. The molecule has 2 rings (SSSR count). The van der Waals surface area contributed by atoms with Gasteiger partial charge in [0, 0.05) is 12.2 Å². The second-order valence-electron chi connectivity index (χ2n) is 4.59. The summed E-state index contributed by atoms with van der Waals surface area (Å²) in [5.74, 6) is 0. The largest absolute Gasteiger partial charge is 0.309 e. The molecule has 1 aromatic heterocycles. The van der Waals surface area contributed by atoms with E-state index >= 15 is 0 Å². The Morgan fingerprint density at radius 2 is 2.31 bits per heavy atom. The molecule has 1 atom stereocenters. The first-order valence-electron chi connectivity index (χ1n) is 6.31. The lowest BCUT2D eigenvalue weighted by Crippen LogP contribution is -2.26. The Hall–Kier alpha value is -0.870. The summed E-state index contributed by atoms with van der Waals surface area (Å²) in [5, 5.41) is 10.5. The normalized spacial score (nSPS) is 19.1. The summed E-state index contributed by atoms with van der Waals surface area (Å²) in [6.45, 7) is 7.09. The molecule has 2 N–H and O–H groups in total. The maximum absolute atomic E-state index is 3.96. The first kappa shape index (κ1) is 11.6. The van der Waals surface area contributed by atoms with Crippen molar-refractivity contribution in [1.29, 1.82) is 0 Å². The summed E-state index contributed by atoms with van der Waals surface area (Å²) >= 11 is 0. The molecule has 0 spiro atoms. The van der Waals surface area contributed by atoms with E-state index in [0.29, 0.717) is 6.04 Å². The standard InChI is InChI=1S/C12H22N4/c1-11(12-5-7-14-15-12)13-6-4-10-16-8-2-3-9-16/h5,7,11,13H,2-4,6,8-10H2,1H3,(H,14,15). The zero-order valence-corrected chi connectivity index (χ0v) is 10.1. The fourth-order valence-electron chi connectivity index (χ4n) is 2.25. The maximum atomic E-state index is 3.96. The van der Waals surface area contributed by atoms with Crippen molar-refractivity contribution in [3.05, 3.63) is 18.0 Å². The molecule has 1 saturated heterocycles. The molecular weight excluding hydrogens is 200 g/mol. The van der Waals surface area contributed by atoms with Gasteiger partial charge in [0.1, 0.15) is 0 Å². The molecule has 16 heavy (non-hydrogen) atoms. The van der Waals surface area contributed by atoms with E-state index in [4.69, 9.17) is 0 Å². The van der Waals surface area contributed by atoms with Gasteiger partial charge in [-0.15, -0.1) is 0 Å². The summed E-state index contributed by atoms with van der Waals surface area (Å²) in [7, 11) is 0. The molecule has 0 radical (unpaired) electrons. The van der Waals surface area contributed by atoms with Crippen molar-refractivity contribution >= 4 is 0 Å². The van der Waals surface area contributed by atoms with E-state index in [2.05, 4.69) is 27.3 Å². The highest BCUT2D eigenvalue weighted by Gasteiger charge is 2.10. The van der Waals surface area contributed by atoms with E-state index in [1.807, 2.05) is 6.07 Å². The molecule has 90 valence electrons. The quantitative estimate of drug-likeness (QED) is 0.718. The Balaban J connectivity index is 1.57. The molecule has 0 aromatic carbocycles. The van der Waals surface area contributed by atoms with Crippen LogP contribution in [0.15, 0.2) is 12.3 Å². The van der Waals surface area contributed by atoms with Crippen LogP contribution < -0.4 is 5.32 Å². The molecule has 4 nitrogen and oxygen atoms in total. The number of hydrogen-bond donors (Lipinski definition) is 2. The molecule has 1 aliphatic rings. The predicted molar refractivity (Wildman–Crippen MR) is 65.3 cm³/mol. The summed E-state index contributed by atoms with van der Waals surface area (Å²) in [6, 6.07) is 2.40. The third-order valence-corrected chi connectivity index (χ3v) is 3.29. The summed E-state index contributed by atoms with van der Waals surface area (Å²) in [6.07, 6.45) is 5.81. The molecule has 0 bridgehead atoms. The van der Waals surface area contributed by atoms with Gasteiger partial charge in [0.05, 0.1) is 5.69 Å². The number of nitrogens with zero attached hydrogens (tertiary/aromatic N) is 2. The van der Waals surface area contributed by atoms with E-state index in [1.54, 1.807) is 6.20 Å². The van der Waals surface area contributed by atoms with Crippen LogP contribution in [0.1, 0.15) is 37.9 Å². The SMILES string of the molecule is CC(NCCCN1CCCC1)c1ccn[nH]1. The minimum atomic E-state index is 0.376. The van der Waals surface area contributed by atoms with Gasteiger partial charge < -0.3 is 10.2 Å². The van der Waals surface area contributed by atoms with E-state index in [0.717, 1.165) is 6.54 Å². The molecule has 2 heterocycles. The van der Waals surface area contributed by atoms with Crippen molar-refractivity contribution in [2.45, 2.75) is 32.2 Å². The lowest BCUT2D eigenvalue weighted by Gasteiger charge is -2.16. The van der Waals surface area contributed by atoms with Crippen LogP contribution in [0.5, 0.6) is 0 Å². The number of likely N-dealkylation sites (tertiary alicyclic amines) is 1. The predicted octanol–water partition coefficient (Wildman–Crippen LogP) is 1.55. The first-order valence-corrected chi connectivity index (χ1v) is 6.31.